The number of carbonyl (C=O) groups excluding carboxylic acids is 1. The van der Waals surface area contributed by atoms with E-state index in [2.05, 4.69) is 15.2 Å². The van der Waals surface area contributed by atoms with Crippen LogP contribution in [0.25, 0.3) is 0 Å². The normalized spacial score (nSPS) is 9.21. The Morgan fingerprint density at radius 1 is 1.86 bits per heavy atom. The van der Waals surface area contributed by atoms with Crippen molar-refractivity contribution in [1.29, 1.82) is 5.26 Å². The fourth-order valence-electron chi connectivity index (χ4n) is 0.926. The first-order valence-corrected chi connectivity index (χ1v) is 4.05. The molecule has 0 aliphatic carbocycles. The van der Waals surface area contributed by atoms with Gasteiger partial charge in [0.2, 0.25) is 0 Å². The molecule has 1 heterocycles. The highest BCUT2D eigenvalue weighted by Gasteiger charge is 2.10. The van der Waals surface area contributed by atoms with Crippen LogP contribution < -0.4 is 5.32 Å². The zero-order chi connectivity index (χ0) is 10.6. The molecule has 0 atom stereocenters. The summed E-state index contributed by atoms with van der Waals surface area (Å²) in [7, 11) is 1.66. The van der Waals surface area contributed by atoms with Gasteiger partial charge in [-0.25, -0.2) is 4.79 Å². The van der Waals surface area contributed by atoms with E-state index in [0.29, 0.717) is 5.56 Å². The van der Waals surface area contributed by atoms with E-state index >= 15 is 0 Å². The Labute approximate surface area is 81.1 Å². The maximum absolute atomic E-state index is 11.0. The fraction of sp³-hybridized carbons (Fsp3) is 0.375. The number of ether oxygens (including phenoxy) is 1. The monoisotopic (exact) mass is 194 g/mol. The van der Waals surface area contributed by atoms with Gasteiger partial charge in [-0.1, -0.05) is 0 Å². The lowest BCUT2D eigenvalue weighted by molar-refractivity contribution is 0.168. The maximum Gasteiger partial charge on any atom is 0.412 e. The molecule has 0 unspecified atom stereocenters. The highest BCUT2D eigenvalue weighted by atomic mass is 16.5. The van der Waals surface area contributed by atoms with Crippen molar-refractivity contribution in [3.63, 3.8) is 0 Å². The number of nitriles is 1. The van der Waals surface area contributed by atoms with Crippen LogP contribution in [0, 0.1) is 11.3 Å². The van der Waals surface area contributed by atoms with Crippen molar-refractivity contribution < 1.29 is 9.53 Å². The molecule has 1 N–H and O–H groups in total. The number of aryl methyl sites for hydroxylation is 1. The standard InChI is InChI=1S/C8H10N4O2/c1-3-14-8(13)10-7-6(4-9)5-12(2)11-7/h5H,3H2,1-2H3,(H,10,11,13). The Kier molecular flexibility index (Phi) is 3.07. The number of nitrogens with one attached hydrogen (secondary N) is 1. The Bertz CT molecular complexity index is 377. The molecule has 1 rings (SSSR count). The predicted molar refractivity (Wildman–Crippen MR) is 48.6 cm³/mol. The van der Waals surface area contributed by atoms with Gasteiger partial charge in [0.25, 0.3) is 0 Å². The summed E-state index contributed by atoms with van der Waals surface area (Å²) < 4.78 is 6.09. The Balaban J connectivity index is 2.76. The molecular weight excluding hydrogens is 184 g/mol. The SMILES string of the molecule is CCOC(=O)Nc1nn(C)cc1C#N. The van der Waals surface area contributed by atoms with Crippen LogP contribution in [-0.2, 0) is 11.8 Å². The smallest absolute Gasteiger partial charge is 0.412 e. The van der Waals surface area contributed by atoms with E-state index in [1.165, 1.54) is 10.9 Å². The van der Waals surface area contributed by atoms with E-state index in [0.717, 1.165) is 0 Å². The number of hydrogen-bond donors (Lipinski definition) is 1. The molecule has 0 saturated heterocycles. The molecule has 1 aromatic rings. The minimum atomic E-state index is -0.609. The lowest BCUT2D eigenvalue weighted by Gasteiger charge is -2.01. The van der Waals surface area contributed by atoms with E-state index in [4.69, 9.17) is 5.26 Å². The molecule has 14 heavy (non-hydrogen) atoms. The van der Waals surface area contributed by atoms with Crippen molar-refractivity contribution in [3.8, 4) is 6.07 Å². The third kappa shape index (κ3) is 2.23. The molecule has 0 fully saturated rings. The lowest BCUT2D eigenvalue weighted by Crippen LogP contribution is -2.14. The first kappa shape index (κ1) is 10.1. The van der Waals surface area contributed by atoms with Crippen LogP contribution in [0.4, 0.5) is 10.6 Å². The molecule has 1 amide bonds. The second-order valence-electron chi connectivity index (χ2n) is 2.52. The van der Waals surface area contributed by atoms with Gasteiger partial charge in [-0.15, -0.1) is 0 Å². The minimum absolute atomic E-state index is 0.216. The van der Waals surface area contributed by atoms with Crippen LogP contribution in [0.2, 0.25) is 0 Å². The molecule has 0 bridgehead atoms. The van der Waals surface area contributed by atoms with Gasteiger partial charge in [0.1, 0.15) is 11.6 Å². The van der Waals surface area contributed by atoms with E-state index < -0.39 is 6.09 Å². The maximum atomic E-state index is 11.0. The fourth-order valence-corrected chi connectivity index (χ4v) is 0.926. The van der Waals surface area contributed by atoms with E-state index in [1.54, 1.807) is 14.0 Å². The molecule has 74 valence electrons. The Morgan fingerprint density at radius 3 is 3.14 bits per heavy atom. The molecule has 6 nitrogen and oxygen atoms in total. The average molecular weight is 194 g/mol. The summed E-state index contributed by atoms with van der Waals surface area (Å²) in [6.07, 6.45) is 0.907. The summed E-state index contributed by atoms with van der Waals surface area (Å²) in [5, 5.41) is 14.9. The number of anilines is 1. The highest BCUT2D eigenvalue weighted by Crippen LogP contribution is 2.10. The van der Waals surface area contributed by atoms with Crippen LogP contribution in [0.3, 0.4) is 0 Å². The summed E-state index contributed by atoms with van der Waals surface area (Å²) in [6, 6.07) is 1.91. The third-order valence-electron chi connectivity index (χ3n) is 1.45. The van der Waals surface area contributed by atoms with Gasteiger partial charge in [-0.3, -0.25) is 10.00 Å². The minimum Gasteiger partial charge on any atom is -0.450 e. The molecule has 0 saturated carbocycles. The summed E-state index contributed by atoms with van der Waals surface area (Å²) >= 11 is 0. The second kappa shape index (κ2) is 4.28. The molecule has 1 aromatic heterocycles. The lowest BCUT2D eigenvalue weighted by atomic mass is 10.4. The second-order valence-corrected chi connectivity index (χ2v) is 2.52. The van der Waals surface area contributed by atoms with Crippen LogP contribution in [-0.4, -0.2) is 22.5 Å². The van der Waals surface area contributed by atoms with Gasteiger partial charge in [-0.2, -0.15) is 10.4 Å². The van der Waals surface area contributed by atoms with E-state index in [-0.39, 0.29) is 12.4 Å². The van der Waals surface area contributed by atoms with Crippen LogP contribution in [0.1, 0.15) is 12.5 Å². The summed E-state index contributed by atoms with van der Waals surface area (Å²) in [6.45, 7) is 1.98. The number of aromatic nitrogens is 2. The molecule has 0 radical (unpaired) electrons. The summed E-state index contributed by atoms with van der Waals surface area (Å²) in [5.41, 5.74) is 0.306. The van der Waals surface area contributed by atoms with Gasteiger partial charge >= 0.3 is 6.09 Å². The van der Waals surface area contributed by atoms with Crippen LogP contribution in [0.5, 0.6) is 0 Å². The van der Waals surface area contributed by atoms with Gasteiger partial charge in [0.05, 0.1) is 6.61 Å². The van der Waals surface area contributed by atoms with Gasteiger partial charge in [0, 0.05) is 13.2 Å². The van der Waals surface area contributed by atoms with E-state index in [1.807, 2.05) is 6.07 Å². The molecule has 0 aliphatic heterocycles. The third-order valence-corrected chi connectivity index (χ3v) is 1.45. The number of nitrogens with zero attached hydrogens (tertiary/aromatic N) is 3. The number of carbonyl (C=O) groups is 1. The van der Waals surface area contributed by atoms with Crippen molar-refractivity contribution in [3.05, 3.63) is 11.8 Å². The largest absolute Gasteiger partial charge is 0.450 e. The van der Waals surface area contributed by atoms with Crippen LogP contribution >= 0.6 is 0 Å². The molecule has 0 spiro atoms. The van der Waals surface area contributed by atoms with Crippen molar-refractivity contribution >= 4 is 11.9 Å². The Morgan fingerprint density at radius 2 is 2.57 bits per heavy atom. The number of rotatable bonds is 2. The van der Waals surface area contributed by atoms with Crippen molar-refractivity contribution in [1.82, 2.24) is 9.78 Å². The average Bonchev–Trinajstić information content (AvgIpc) is 2.46. The zero-order valence-electron chi connectivity index (χ0n) is 7.94. The van der Waals surface area contributed by atoms with Gasteiger partial charge < -0.3 is 4.74 Å². The van der Waals surface area contributed by atoms with Crippen molar-refractivity contribution in [2.45, 2.75) is 6.92 Å². The first-order chi connectivity index (χ1) is 6.67. The van der Waals surface area contributed by atoms with Crippen LogP contribution in [0.15, 0.2) is 6.20 Å². The zero-order valence-corrected chi connectivity index (χ0v) is 7.94. The van der Waals surface area contributed by atoms with Gasteiger partial charge in [0.15, 0.2) is 5.82 Å². The molecule has 0 aliphatic rings. The number of hydrogen-bond acceptors (Lipinski definition) is 4. The summed E-state index contributed by atoms with van der Waals surface area (Å²) in [4.78, 5) is 11.0. The molecular formula is C8H10N4O2. The topological polar surface area (TPSA) is 79.9 Å². The van der Waals surface area contributed by atoms with E-state index in [9.17, 15) is 4.79 Å². The quantitative estimate of drug-likeness (QED) is 0.757. The molecule has 0 aromatic carbocycles. The predicted octanol–water partition coefficient (Wildman–Crippen LogP) is 0.860. The molecule has 6 heteroatoms. The van der Waals surface area contributed by atoms with Crippen molar-refractivity contribution in [2.24, 2.45) is 7.05 Å². The Hall–Kier alpha value is -2.03. The van der Waals surface area contributed by atoms with Gasteiger partial charge in [-0.05, 0) is 6.92 Å². The summed E-state index contributed by atoms with van der Waals surface area (Å²) in [5.74, 6) is 0.216. The van der Waals surface area contributed by atoms with Crippen molar-refractivity contribution in [2.75, 3.05) is 11.9 Å². The number of amides is 1. The first-order valence-electron chi connectivity index (χ1n) is 4.05. The highest BCUT2D eigenvalue weighted by molar-refractivity contribution is 5.84.